The lowest BCUT2D eigenvalue weighted by Gasteiger charge is -2.22. The third kappa shape index (κ3) is 3.61. The third-order valence-corrected chi connectivity index (χ3v) is 2.19. The standard InChI is InChI=1S/C7H16N2.2ClH/c1-9(2)7-5-3-4-6(7)8;;/h6-7H,3-5,8H2,1-2H3;2*1H/t6-,7+;;/m1../s1. The van der Waals surface area contributed by atoms with Crippen LogP contribution in [0, 0.1) is 0 Å². The number of hydrogen-bond donors (Lipinski definition) is 1. The molecule has 70 valence electrons. The molecular formula is C7H18Cl2N2. The van der Waals surface area contributed by atoms with Gasteiger partial charge in [0.05, 0.1) is 0 Å². The maximum absolute atomic E-state index is 5.84. The molecule has 1 fully saturated rings. The average molecular weight is 201 g/mol. The highest BCUT2D eigenvalue weighted by Crippen LogP contribution is 2.20. The van der Waals surface area contributed by atoms with Crippen molar-refractivity contribution in [2.24, 2.45) is 5.73 Å². The summed E-state index contributed by atoms with van der Waals surface area (Å²) in [7, 11) is 4.21. The van der Waals surface area contributed by atoms with Gasteiger partial charge in [-0.1, -0.05) is 6.42 Å². The zero-order chi connectivity index (χ0) is 6.85. The van der Waals surface area contributed by atoms with Crippen molar-refractivity contribution in [1.82, 2.24) is 4.90 Å². The molecule has 0 saturated heterocycles. The molecule has 1 rings (SSSR count). The molecule has 1 aliphatic rings. The zero-order valence-electron chi connectivity index (χ0n) is 7.12. The number of likely N-dealkylation sites (N-methyl/N-ethyl adjacent to an activating group) is 1. The fourth-order valence-corrected chi connectivity index (χ4v) is 1.61. The second-order valence-corrected chi connectivity index (χ2v) is 3.13. The van der Waals surface area contributed by atoms with Crippen LogP contribution in [0.25, 0.3) is 0 Å². The summed E-state index contributed by atoms with van der Waals surface area (Å²) < 4.78 is 0. The SMILES string of the molecule is CN(C)[C@H]1CCC[C@H]1N.Cl.Cl. The van der Waals surface area contributed by atoms with Crippen LogP contribution in [0.5, 0.6) is 0 Å². The van der Waals surface area contributed by atoms with Gasteiger partial charge in [0.1, 0.15) is 0 Å². The van der Waals surface area contributed by atoms with Crippen molar-refractivity contribution in [3.8, 4) is 0 Å². The average Bonchev–Trinajstić information content (AvgIpc) is 2.13. The smallest absolute Gasteiger partial charge is 0.0241 e. The van der Waals surface area contributed by atoms with Gasteiger partial charge in [0.25, 0.3) is 0 Å². The molecule has 0 radical (unpaired) electrons. The molecule has 0 amide bonds. The van der Waals surface area contributed by atoms with Crippen molar-refractivity contribution >= 4 is 24.8 Å². The molecule has 4 heteroatoms. The van der Waals surface area contributed by atoms with Gasteiger partial charge >= 0.3 is 0 Å². The van der Waals surface area contributed by atoms with Gasteiger partial charge in [0.2, 0.25) is 0 Å². The van der Waals surface area contributed by atoms with E-state index in [0.717, 1.165) is 0 Å². The summed E-state index contributed by atoms with van der Waals surface area (Å²) in [5.74, 6) is 0. The number of rotatable bonds is 1. The normalized spacial score (nSPS) is 29.5. The van der Waals surface area contributed by atoms with Gasteiger partial charge in [-0.05, 0) is 26.9 Å². The number of hydrogen-bond acceptors (Lipinski definition) is 2. The highest BCUT2D eigenvalue weighted by molar-refractivity contribution is 5.85. The van der Waals surface area contributed by atoms with Crippen LogP contribution in [0.15, 0.2) is 0 Å². The lowest BCUT2D eigenvalue weighted by molar-refractivity contribution is 0.277. The summed E-state index contributed by atoms with van der Waals surface area (Å²) in [6.45, 7) is 0. The summed E-state index contributed by atoms with van der Waals surface area (Å²) in [4.78, 5) is 2.23. The lowest BCUT2D eigenvalue weighted by Crippen LogP contribution is -2.39. The predicted octanol–water partition coefficient (Wildman–Crippen LogP) is 1.27. The van der Waals surface area contributed by atoms with Gasteiger partial charge in [-0.2, -0.15) is 0 Å². The van der Waals surface area contributed by atoms with Crippen molar-refractivity contribution in [3.05, 3.63) is 0 Å². The van der Waals surface area contributed by atoms with Crippen LogP contribution >= 0.6 is 24.8 Å². The molecular weight excluding hydrogens is 183 g/mol. The summed E-state index contributed by atoms with van der Waals surface area (Å²) in [6, 6.07) is 1.07. The number of nitrogens with two attached hydrogens (primary N) is 1. The van der Waals surface area contributed by atoms with Crippen molar-refractivity contribution in [2.75, 3.05) is 14.1 Å². The van der Waals surface area contributed by atoms with E-state index in [-0.39, 0.29) is 24.8 Å². The Labute approximate surface area is 81.3 Å². The minimum absolute atomic E-state index is 0. The molecule has 0 aromatic carbocycles. The Morgan fingerprint density at radius 3 is 1.91 bits per heavy atom. The minimum Gasteiger partial charge on any atom is -0.326 e. The number of nitrogens with zero attached hydrogens (tertiary/aromatic N) is 1. The van der Waals surface area contributed by atoms with E-state index < -0.39 is 0 Å². The van der Waals surface area contributed by atoms with Crippen LogP contribution < -0.4 is 5.73 Å². The van der Waals surface area contributed by atoms with Gasteiger partial charge in [-0.3, -0.25) is 0 Å². The Bertz CT molecular complexity index is 98.4. The Morgan fingerprint density at radius 1 is 1.18 bits per heavy atom. The molecule has 0 bridgehead atoms. The van der Waals surface area contributed by atoms with Crippen LogP contribution in [0.1, 0.15) is 19.3 Å². The largest absolute Gasteiger partial charge is 0.326 e. The Morgan fingerprint density at radius 2 is 1.73 bits per heavy atom. The van der Waals surface area contributed by atoms with Gasteiger partial charge in [0, 0.05) is 12.1 Å². The highest BCUT2D eigenvalue weighted by atomic mass is 35.5. The van der Waals surface area contributed by atoms with E-state index in [1.165, 1.54) is 19.3 Å². The molecule has 2 N–H and O–H groups in total. The van der Waals surface area contributed by atoms with E-state index in [1.54, 1.807) is 0 Å². The fourth-order valence-electron chi connectivity index (χ4n) is 1.61. The van der Waals surface area contributed by atoms with E-state index in [0.29, 0.717) is 12.1 Å². The van der Waals surface area contributed by atoms with E-state index >= 15 is 0 Å². The van der Waals surface area contributed by atoms with E-state index in [4.69, 9.17) is 5.73 Å². The lowest BCUT2D eigenvalue weighted by atomic mass is 10.2. The van der Waals surface area contributed by atoms with Crippen LogP contribution in [0.2, 0.25) is 0 Å². The summed E-state index contributed by atoms with van der Waals surface area (Å²) in [6.07, 6.45) is 3.81. The molecule has 0 unspecified atom stereocenters. The molecule has 1 saturated carbocycles. The molecule has 0 spiro atoms. The van der Waals surface area contributed by atoms with Crippen LogP contribution in [0.3, 0.4) is 0 Å². The number of halogens is 2. The first-order valence-electron chi connectivity index (χ1n) is 3.64. The molecule has 1 aliphatic carbocycles. The van der Waals surface area contributed by atoms with Crippen molar-refractivity contribution in [2.45, 2.75) is 31.3 Å². The van der Waals surface area contributed by atoms with Gasteiger partial charge < -0.3 is 10.6 Å². The van der Waals surface area contributed by atoms with Gasteiger partial charge in [-0.15, -0.1) is 24.8 Å². The van der Waals surface area contributed by atoms with E-state index in [1.807, 2.05) is 0 Å². The first-order chi connectivity index (χ1) is 4.22. The third-order valence-electron chi connectivity index (χ3n) is 2.19. The van der Waals surface area contributed by atoms with Crippen LogP contribution in [-0.4, -0.2) is 31.1 Å². The summed E-state index contributed by atoms with van der Waals surface area (Å²) in [5, 5.41) is 0. The van der Waals surface area contributed by atoms with Gasteiger partial charge in [0.15, 0.2) is 0 Å². The molecule has 0 heterocycles. The first kappa shape index (κ1) is 14.0. The maximum atomic E-state index is 5.84. The molecule has 0 aromatic rings. The Hall–Kier alpha value is 0.500. The van der Waals surface area contributed by atoms with Crippen LogP contribution in [-0.2, 0) is 0 Å². The summed E-state index contributed by atoms with van der Waals surface area (Å²) >= 11 is 0. The Kier molecular flexibility index (Phi) is 7.75. The van der Waals surface area contributed by atoms with E-state index in [9.17, 15) is 0 Å². The monoisotopic (exact) mass is 200 g/mol. The van der Waals surface area contributed by atoms with Crippen LogP contribution in [0.4, 0.5) is 0 Å². The maximum Gasteiger partial charge on any atom is 0.0241 e. The Balaban J connectivity index is 0. The molecule has 2 nitrogen and oxygen atoms in total. The fraction of sp³-hybridized carbons (Fsp3) is 1.00. The first-order valence-corrected chi connectivity index (χ1v) is 3.64. The van der Waals surface area contributed by atoms with Gasteiger partial charge in [-0.25, -0.2) is 0 Å². The van der Waals surface area contributed by atoms with Crippen molar-refractivity contribution in [3.63, 3.8) is 0 Å². The second kappa shape index (κ2) is 6.06. The minimum atomic E-state index is 0. The summed E-state index contributed by atoms with van der Waals surface area (Å²) in [5.41, 5.74) is 5.84. The van der Waals surface area contributed by atoms with Crippen molar-refractivity contribution < 1.29 is 0 Å². The highest BCUT2D eigenvalue weighted by Gasteiger charge is 2.24. The quantitative estimate of drug-likeness (QED) is 0.692. The van der Waals surface area contributed by atoms with Crippen molar-refractivity contribution in [1.29, 1.82) is 0 Å². The second-order valence-electron chi connectivity index (χ2n) is 3.13. The van der Waals surface area contributed by atoms with E-state index in [2.05, 4.69) is 19.0 Å². The molecule has 11 heavy (non-hydrogen) atoms. The molecule has 0 aliphatic heterocycles. The molecule has 0 aromatic heterocycles. The predicted molar refractivity (Wildman–Crippen MR) is 53.8 cm³/mol. The topological polar surface area (TPSA) is 29.3 Å². The molecule has 2 atom stereocenters. The zero-order valence-corrected chi connectivity index (χ0v) is 8.75.